The Morgan fingerprint density at radius 2 is 1.97 bits per heavy atom. The van der Waals surface area contributed by atoms with Gasteiger partial charge in [0.05, 0.1) is 32.1 Å². The van der Waals surface area contributed by atoms with Crippen molar-refractivity contribution in [2.24, 2.45) is 5.92 Å². The third kappa shape index (κ3) is 5.58. The van der Waals surface area contributed by atoms with Crippen LogP contribution in [0.2, 0.25) is 0 Å². The van der Waals surface area contributed by atoms with Crippen molar-refractivity contribution >= 4 is 17.5 Å². The molecule has 2 aromatic rings. The molecule has 0 bridgehead atoms. The molecule has 0 unspecified atom stereocenters. The van der Waals surface area contributed by atoms with Crippen molar-refractivity contribution in [2.45, 2.75) is 51.0 Å². The molecule has 4 heterocycles. The van der Waals surface area contributed by atoms with Gasteiger partial charge in [0.1, 0.15) is 6.04 Å². The maximum Gasteiger partial charge on any atom is 0.408 e. The smallest absolute Gasteiger partial charge is 0.377 e. The number of ketones is 1. The van der Waals surface area contributed by atoms with Crippen LogP contribution >= 0.6 is 0 Å². The standard InChI is InChI=1S/C18H22F4N4O3.C4H4N2O/c1-10-9-29-7-6-24(10)15-14(19)16(28)25-5-4-13(18(20,21)22)26(17(25)23-15)8-12(27)11-2-3-11;7-4-1-2-5-3-6-4/h10-11,13H,2-9H2,1H3;1-3H,(H,5,6,7)/t10-,13+;/m1./s1. The lowest BCUT2D eigenvalue weighted by Crippen LogP contribution is -2.55. The minimum Gasteiger partial charge on any atom is -0.377 e. The number of nitrogens with zero attached hydrogens (tertiary/aromatic N) is 5. The summed E-state index contributed by atoms with van der Waals surface area (Å²) in [5.41, 5.74) is -1.14. The highest BCUT2D eigenvalue weighted by atomic mass is 19.4. The number of carbonyl (C=O) groups excluding carboxylic acids is 1. The molecule has 2 atom stereocenters. The lowest BCUT2D eigenvalue weighted by atomic mass is 10.1. The van der Waals surface area contributed by atoms with Crippen molar-refractivity contribution in [1.82, 2.24) is 19.5 Å². The molecule has 1 N–H and O–H groups in total. The van der Waals surface area contributed by atoms with Gasteiger partial charge in [-0.1, -0.05) is 0 Å². The van der Waals surface area contributed by atoms with Crippen LogP contribution in [0.4, 0.5) is 29.3 Å². The van der Waals surface area contributed by atoms with Crippen LogP contribution in [0.15, 0.2) is 28.2 Å². The number of aromatic amines is 1. The number of halogens is 4. The highest BCUT2D eigenvalue weighted by Gasteiger charge is 2.48. The third-order valence-corrected chi connectivity index (χ3v) is 6.31. The average molecular weight is 514 g/mol. The second-order valence-corrected chi connectivity index (χ2v) is 8.94. The van der Waals surface area contributed by atoms with Gasteiger partial charge in [-0.25, -0.2) is 4.98 Å². The molecule has 0 amide bonds. The van der Waals surface area contributed by atoms with E-state index in [2.05, 4.69) is 15.0 Å². The topological polar surface area (TPSA) is 113 Å². The quantitative estimate of drug-likeness (QED) is 0.611. The number of Topliss-reactive ketones (excluding diaryl/α,β-unsaturated/α-hetero) is 1. The van der Waals surface area contributed by atoms with E-state index >= 15 is 0 Å². The molecule has 36 heavy (non-hydrogen) atoms. The molecular weight excluding hydrogens is 488 g/mol. The number of ether oxygens (including phenoxy) is 1. The van der Waals surface area contributed by atoms with Crippen LogP contribution in [-0.4, -0.2) is 69.9 Å². The Labute approximate surface area is 202 Å². The van der Waals surface area contributed by atoms with Crippen molar-refractivity contribution in [2.75, 3.05) is 36.1 Å². The van der Waals surface area contributed by atoms with Crippen molar-refractivity contribution in [1.29, 1.82) is 0 Å². The summed E-state index contributed by atoms with van der Waals surface area (Å²) in [6, 6.07) is -0.880. The monoisotopic (exact) mass is 514 g/mol. The zero-order valence-electron chi connectivity index (χ0n) is 19.5. The van der Waals surface area contributed by atoms with Gasteiger partial charge in [0, 0.05) is 31.3 Å². The van der Waals surface area contributed by atoms with Gasteiger partial charge in [0.2, 0.25) is 11.8 Å². The second-order valence-electron chi connectivity index (χ2n) is 8.94. The maximum absolute atomic E-state index is 14.8. The Kier molecular flexibility index (Phi) is 7.43. The number of aromatic nitrogens is 4. The van der Waals surface area contributed by atoms with Crippen LogP contribution < -0.4 is 20.9 Å². The first-order chi connectivity index (χ1) is 17.1. The highest BCUT2D eigenvalue weighted by Crippen LogP contribution is 2.37. The first-order valence-electron chi connectivity index (χ1n) is 11.6. The fourth-order valence-corrected chi connectivity index (χ4v) is 4.23. The summed E-state index contributed by atoms with van der Waals surface area (Å²) < 4.78 is 62.1. The largest absolute Gasteiger partial charge is 0.408 e. The Bertz CT molecular complexity index is 1190. The predicted molar refractivity (Wildman–Crippen MR) is 120 cm³/mol. The molecule has 3 aliphatic rings. The molecule has 5 rings (SSSR count). The van der Waals surface area contributed by atoms with Crippen molar-refractivity contribution in [3.8, 4) is 0 Å². The minimum absolute atomic E-state index is 0.116. The van der Waals surface area contributed by atoms with E-state index in [1.165, 1.54) is 23.5 Å². The number of carbonyl (C=O) groups is 1. The average Bonchev–Trinajstić information content (AvgIpc) is 3.68. The summed E-state index contributed by atoms with van der Waals surface area (Å²) in [5, 5.41) is 0. The molecule has 0 spiro atoms. The van der Waals surface area contributed by atoms with Crippen LogP contribution in [0.5, 0.6) is 0 Å². The van der Waals surface area contributed by atoms with E-state index in [9.17, 15) is 31.9 Å². The van der Waals surface area contributed by atoms with Gasteiger partial charge < -0.3 is 19.5 Å². The summed E-state index contributed by atoms with van der Waals surface area (Å²) in [4.78, 5) is 47.6. The molecule has 0 aromatic carbocycles. The number of nitrogens with one attached hydrogen (secondary N) is 1. The number of hydrogen-bond donors (Lipinski definition) is 1. The third-order valence-electron chi connectivity index (χ3n) is 6.31. The first-order valence-corrected chi connectivity index (χ1v) is 11.6. The predicted octanol–water partition coefficient (Wildman–Crippen LogP) is 1.50. The van der Waals surface area contributed by atoms with Gasteiger partial charge in [0.15, 0.2) is 11.6 Å². The minimum atomic E-state index is -4.60. The van der Waals surface area contributed by atoms with Crippen LogP contribution in [0.25, 0.3) is 0 Å². The van der Waals surface area contributed by atoms with Crippen molar-refractivity contribution in [3.05, 3.63) is 45.1 Å². The normalized spacial score (nSPS) is 21.9. The van der Waals surface area contributed by atoms with Crippen LogP contribution in [-0.2, 0) is 16.1 Å². The number of fused-ring (bicyclic) bond motifs is 1. The summed E-state index contributed by atoms with van der Waals surface area (Å²) >= 11 is 0. The number of morpholine rings is 1. The van der Waals surface area contributed by atoms with E-state index in [1.54, 1.807) is 6.92 Å². The number of hydrogen-bond acceptors (Lipinski definition) is 8. The molecule has 2 aromatic heterocycles. The van der Waals surface area contributed by atoms with E-state index < -0.39 is 36.6 Å². The molecule has 14 heteroatoms. The van der Waals surface area contributed by atoms with Gasteiger partial charge in [-0.2, -0.15) is 22.5 Å². The Morgan fingerprint density at radius 3 is 2.53 bits per heavy atom. The van der Waals surface area contributed by atoms with Gasteiger partial charge in [0.25, 0.3) is 11.1 Å². The lowest BCUT2D eigenvalue weighted by molar-refractivity contribution is -0.153. The molecule has 0 radical (unpaired) electrons. The van der Waals surface area contributed by atoms with Crippen LogP contribution in [0, 0.1) is 11.7 Å². The molecule has 1 saturated carbocycles. The maximum atomic E-state index is 14.8. The second kappa shape index (κ2) is 10.4. The molecule has 1 aliphatic carbocycles. The summed E-state index contributed by atoms with van der Waals surface area (Å²) in [7, 11) is 0. The molecular formula is C22H26F4N6O4. The van der Waals surface area contributed by atoms with Gasteiger partial charge in [-0.3, -0.25) is 19.0 Å². The van der Waals surface area contributed by atoms with Gasteiger partial charge >= 0.3 is 6.18 Å². The van der Waals surface area contributed by atoms with Crippen molar-refractivity contribution < 1.29 is 27.1 Å². The molecule has 10 nitrogen and oxygen atoms in total. The Balaban J connectivity index is 0.000000375. The molecule has 2 aliphatic heterocycles. The molecule has 2 fully saturated rings. The fraction of sp³-hybridized carbons (Fsp3) is 0.591. The first kappa shape index (κ1) is 25.8. The number of H-pyrrole nitrogens is 1. The molecule has 196 valence electrons. The SMILES string of the molecule is C[C@@H]1COCCN1c1nc2n(c(=O)c1F)CC[C@@H](C(F)(F)F)N2CC(=O)C1CC1.O=c1ccnc[nH]1. The molecule has 1 saturated heterocycles. The number of anilines is 2. The fourth-order valence-electron chi connectivity index (χ4n) is 4.23. The zero-order chi connectivity index (χ0) is 26.0. The van der Waals surface area contributed by atoms with Gasteiger partial charge in [-0.15, -0.1) is 0 Å². The summed E-state index contributed by atoms with van der Waals surface area (Å²) in [6.45, 7) is 1.79. The van der Waals surface area contributed by atoms with Crippen LogP contribution in [0.3, 0.4) is 0 Å². The number of rotatable bonds is 4. The van der Waals surface area contributed by atoms with Gasteiger partial charge in [-0.05, 0) is 26.2 Å². The van der Waals surface area contributed by atoms with Crippen molar-refractivity contribution in [3.63, 3.8) is 0 Å². The van der Waals surface area contributed by atoms with E-state index in [1.807, 2.05) is 0 Å². The van der Waals surface area contributed by atoms with E-state index in [-0.39, 0.29) is 54.8 Å². The summed E-state index contributed by atoms with van der Waals surface area (Å²) in [5.74, 6) is -2.24. The lowest BCUT2D eigenvalue weighted by Gasteiger charge is -2.40. The van der Waals surface area contributed by atoms with E-state index in [0.29, 0.717) is 19.4 Å². The summed E-state index contributed by atoms with van der Waals surface area (Å²) in [6.07, 6.45) is -0.940. The zero-order valence-corrected chi connectivity index (χ0v) is 19.5. The number of alkyl halides is 3. The van der Waals surface area contributed by atoms with E-state index in [0.717, 1.165) is 9.47 Å². The Morgan fingerprint density at radius 1 is 1.22 bits per heavy atom. The van der Waals surface area contributed by atoms with Crippen LogP contribution in [0.1, 0.15) is 26.2 Å². The highest BCUT2D eigenvalue weighted by molar-refractivity contribution is 5.87. The van der Waals surface area contributed by atoms with E-state index in [4.69, 9.17) is 4.74 Å². The Hall–Kier alpha value is -3.29.